The zero-order chi connectivity index (χ0) is 21.8. The molecule has 1 fully saturated rings. The van der Waals surface area contributed by atoms with Gasteiger partial charge in [0.25, 0.3) is 0 Å². The summed E-state index contributed by atoms with van der Waals surface area (Å²) >= 11 is 1.58. The number of hydrogen-bond acceptors (Lipinski definition) is 5. The van der Waals surface area contributed by atoms with E-state index >= 15 is 0 Å². The Morgan fingerprint density at radius 1 is 1.13 bits per heavy atom. The van der Waals surface area contributed by atoms with Gasteiger partial charge in [0.2, 0.25) is 15.9 Å². The summed E-state index contributed by atoms with van der Waals surface area (Å²) in [6.07, 6.45) is 4.11. The molecule has 1 aromatic heterocycles. The first-order chi connectivity index (χ1) is 14.9. The number of nitrogens with zero attached hydrogens (tertiary/aromatic N) is 3. The topological polar surface area (TPSA) is 84.3 Å². The maximum Gasteiger partial charge on any atom is 0.246 e. The van der Waals surface area contributed by atoms with Gasteiger partial charge in [0.15, 0.2) is 0 Å². The van der Waals surface area contributed by atoms with Crippen molar-refractivity contribution in [1.29, 1.82) is 0 Å². The number of para-hydroxylation sites is 1. The fourth-order valence-electron chi connectivity index (χ4n) is 3.56. The predicted molar refractivity (Wildman–Crippen MR) is 120 cm³/mol. The first-order valence-electron chi connectivity index (χ1n) is 10.0. The van der Waals surface area contributed by atoms with Crippen LogP contribution in [-0.4, -0.2) is 41.5 Å². The lowest BCUT2D eigenvalue weighted by molar-refractivity contribution is -0.120. The quantitative estimate of drug-likeness (QED) is 0.613. The number of carbonyl (C=O) groups is 1. The summed E-state index contributed by atoms with van der Waals surface area (Å²) in [7, 11) is -1.99. The normalized spacial score (nSPS) is 17.4. The van der Waals surface area contributed by atoms with Gasteiger partial charge >= 0.3 is 0 Å². The van der Waals surface area contributed by atoms with Crippen LogP contribution in [0.3, 0.4) is 0 Å². The number of amides is 1. The van der Waals surface area contributed by atoms with Gasteiger partial charge in [-0.2, -0.15) is 9.40 Å². The molecule has 3 aromatic rings. The average molecular weight is 457 g/mol. The molecule has 7 nitrogen and oxygen atoms in total. The third-order valence-electron chi connectivity index (χ3n) is 5.19. The summed E-state index contributed by atoms with van der Waals surface area (Å²) in [5.41, 5.74) is 0.730. The molecule has 4 rings (SSSR count). The summed E-state index contributed by atoms with van der Waals surface area (Å²) in [5, 5.41) is 6.98. The molecule has 0 radical (unpaired) electrons. The van der Waals surface area contributed by atoms with Crippen molar-refractivity contribution in [1.82, 2.24) is 14.1 Å². The molecule has 1 N–H and O–H groups in total. The van der Waals surface area contributed by atoms with Crippen molar-refractivity contribution in [2.45, 2.75) is 27.5 Å². The lowest BCUT2D eigenvalue weighted by atomic mass is 9.99. The molecule has 2 heterocycles. The molecule has 0 bridgehead atoms. The van der Waals surface area contributed by atoms with E-state index in [1.54, 1.807) is 18.8 Å². The molecule has 1 aliphatic rings. The van der Waals surface area contributed by atoms with E-state index in [1.807, 2.05) is 54.6 Å². The van der Waals surface area contributed by atoms with Crippen LogP contribution < -0.4 is 5.32 Å². The molecule has 1 atom stereocenters. The maximum atomic E-state index is 13.0. The van der Waals surface area contributed by atoms with Crippen LogP contribution in [0.4, 0.5) is 5.69 Å². The van der Waals surface area contributed by atoms with Crippen LogP contribution in [-0.2, 0) is 21.9 Å². The summed E-state index contributed by atoms with van der Waals surface area (Å²) < 4.78 is 28.7. The molecule has 2 aromatic carbocycles. The molecule has 9 heteroatoms. The number of carbonyl (C=O) groups excluding carboxylic acids is 1. The largest absolute Gasteiger partial charge is 0.325 e. The van der Waals surface area contributed by atoms with Gasteiger partial charge in [0.05, 0.1) is 17.8 Å². The number of sulfonamides is 1. The van der Waals surface area contributed by atoms with Crippen molar-refractivity contribution in [3.63, 3.8) is 0 Å². The van der Waals surface area contributed by atoms with E-state index < -0.39 is 15.9 Å². The van der Waals surface area contributed by atoms with E-state index in [-0.39, 0.29) is 17.3 Å². The number of anilines is 1. The van der Waals surface area contributed by atoms with Gasteiger partial charge in [0, 0.05) is 36.1 Å². The Morgan fingerprint density at radius 2 is 1.87 bits per heavy atom. The third-order valence-corrected chi connectivity index (χ3v) is 8.09. The van der Waals surface area contributed by atoms with E-state index in [0.717, 1.165) is 15.5 Å². The van der Waals surface area contributed by atoms with E-state index in [4.69, 9.17) is 0 Å². The number of rotatable bonds is 6. The van der Waals surface area contributed by atoms with Crippen molar-refractivity contribution in [3.05, 3.63) is 67.0 Å². The second-order valence-electron chi connectivity index (χ2n) is 7.45. The van der Waals surface area contributed by atoms with E-state index in [2.05, 4.69) is 10.4 Å². The zero-order valence-electron chi connectivity index (χ0n) is 17.1. The molecule has 1 amide bonds. The molecule has 1 saturated heterocycles. The summed E-state index contributed by atoms with van der Waals surface area (Å²) in [6.45, 7) is 0.568. The minimum Gasteiger partial charge on any atom is -0.325 e. The van der Waals surface area contributed by atoms with Crippen LogP contribution in [0.15, 0.2) is 81.7 Å². The highest BCUT2D eigenvalue weighted by molar-refractivity contribution is 7.99. The van der Waals surface area contributed by atoms with Crippen molar-refractivity contribution in [2.24, 2.45) is 13.0 Å². The number of nitrogens with one attached hydrogen (secondary N) is 1. The lowest BCUT2D eigenvalue weighted by Crippen LogP contribution is -2.43. The molecule has 1 aliphatic heterocycles. The Morgan fingerprint density at radius 3 is 2.61 bits per heavy atom. The standard InChI is InChI=1S/C22H24N4O3S2/c1-25-16-19(14-23-25)31(28,29)26-13-7-8-17(15-26)22(27)24-20-11-5-6-12-21(20)30-18-9-3-2-4-10-18/h2-6,9-12,14,16-17H,7-8,13,15H2,1H3,(H,24,27)/t17-/m1/s1. The van der Waals surface area contributed by atoms with Gasteiger partial charge in [-0.3, -0.25) is 9.48 Å². The van der Waals surface area contributed by atoms with Crippen LogP contribution >= 0.6 is 11.8 Å². The summed E-state index contributed by atoms with van der Waals surface area (Å²) in [4.78, 5) is 15.2. The highest BCUT2D eigenvalue weighted by Gasteiger charge is 2.34. The molecule has 162 valence electrons. The third kappa shape index (κ3) is 5.00. The molecule has 0 aliphatic carbocycles. The average Bonchev–Trinajstić information content (AvgIpc) is 3.23. The van der Waals surface area contributed by atoms with Crippen LogP contribution in [0.2, 0.25) is 0 Å². The molecule has 31 heavy (non-hydrogen) atoms. The molecular formula is C22H24N4O3S2. The molecule has 0 saturated carbocycles. The fraction of sp³-hybridized carbons (Fsp3) is 0.273. The second-order valence-corrected chi connectivity index (χ2v) is 10.5. The van der Waals surface area contributed by atoms with Crippen LogP contribution in [0, 0.1) is 5.92 Å². The highest BCUT2D eigenvalue weighted by Crippen LogP contribution is 2.34. The Balaban J connectivity index is 1.47. The first-order valence-corrected chi connectivity index (χ1v) is 12.3. The lowest BCUT2D eigenvalue weighted by Gasteiger charge is -2.31. The fourth-order valence-corrected chi connectivity index (χ4v) is 6.00. The molecule has 0 spiro atoms. The Kier molecular flexibility index (Phi) is 6.45. The van der Waals surface area contributed by atoms with Crippen molar-refractivity contribution >= 4 is 33.4 Å². The number of aryl methyl sites for hydroxylation is 1. The van der Waals surface area contributed by atoms with Crippen molar-refractivity contribution in [2.75, 3.05) is 18.4 Å². The van der Waals surface area contributed by atoms with Gasteiger partial charge in [-0.1, -0.05) is 42.1 Å². The number of piperidine rings is 1. The monoisotopic (exact) mass is 456 g/mol. The number of benzene rings is 2. The summed E-state index contributed by atoms with van der Waals surface area (Å²) in [6, 6.07) is 17.6. The molecular weight excluding hydrogens is 432 g/mol. The van der Waals surface area contributed by atoms with E-state index in [0.29, 0.717) is 19.4 Å². The van der Waals surface area contributed by atoms with Crippen LogP contribution in [0.25, 0.3) is 0 Å². The van der Waals surface area contributed by atoms with E-state index in [9.17, 15) is 13.2 Å². The summed E-state index contributed by atoms with van der Waals surface area (Å²) in [5.74, 6) is -0.567. The van der Waals surface area contributed by atoms with Crippen molar-refractivity contribution in [3.8, 4) is 0 Å². The smallest absolute Gasteiger partial charge is 0.246 e. The van der Waals surface area contributed by atoms with Gasteiger partial charge in [0.1, 0.15) is 4.90 Å². The molecule has 0 unspecified atom stereocenters. The predicted octanol–water partition coefficient (Wildman–Crippen LogP) is 3.61. The van der Waals surface area contributed by atoms with Gasteiger partial charge in [-0.05, 0) is 37.1 Å². The minimum absolute atomic E-state index is 0.153. The van der Waals surface area contributed by atoms with Crippen LogP contribution in [0.5, 0.6) is 0 Å². The zero-order valence-corrected chi connectivity index (χ0v) is 18.8. The minimum atomic E-state index is -3.66. The highest BCUT2D eigenvalue weighted by atomic mass is 32.2. The van der Waals surface area contributed by atoms with Crippen molar-refractivity contribution < 1.29 is 13.2 Å². The Bertz CT molecular complexity index is 1160. The first kappa shape index (κ1) is 21.6. The van der Waals surface area contributed by atoms with Gasteiger partial charge < -0.3 is 5.32 Å². The Labute approximate surface area is 186 Å². The Hall–Kier alpha value is -2.62. The van der Waals surface area contributed by atoms with Crippen LogP contribution in [0.1, 0.15) is 12.8 Å². The SMILES string of the molecule is Cn1cc(S(=O)(=O)N2CCC[C@@H](C(=O)Nc3ccccc3Sc3ccccc3)C2)cn1. The van der Waals surface area contributed by atoms with E-state index in [1.165, 1.54) is 21.4 Å². The van der Waals surface area contributed by atoms with Gasteiger partial charge in [-0.15, -0.1) is 0 Å². The maximum absolute atomic E-state index is 13.0. The second kappa shape index (κ2) is 9.25. The van der Waals surface area contributed by atoms with Gasteiger partial charge in [-0.25, -0.2) is 8.42 Å². The number of aromatic nitrogens is 2. The number of hydrogen-bond donors (Lipinski definition) is 1.